The molecule has 1 aromatic heterocycles. The molecule has 0 bridgehead atoms. The van der Waals surface area contributed by atoms with E-state index in [0.717, 1.165) is 64.5 Å². The number of morpholine rings is 1. The summed E-state index contributed by atoms with van der Waals surface area (Å²) in [5.74, 6) is -0.102. The van der Waals surface area contributed by atoms with Gasteiger partial charge in [0.2, 0.25) is 0 Å². The van der Waals surface area contributed by atoms with Crippen LogP contribution in [0.15, 0.2) is 18.5 Å². The zero-order chi connectivity index (χ0) is 16.6. The Hall–Kier alpha value is -1.70. The minimum atomic E-state index is -0.102. The first-order chi connectivity index (χ1) is 11.8. The predicted molar refractivity (Wildman–Crippen MR) is 91.3 cm³/mol. The summed E-state index contributed by atoms with van der Waals surface area (Å²) in [6, 6.07) is 1.84. The standard InChI is InChI=1S/C17H26N4O3/c22-17(20-13-16-2-1-7-24-16)14-10-15(12-18-11-14)19-3-4-21-5-8-23-9-6-21/h10-12,16,19H,1-9,13H2,(H,20,22). The fourth-order valence-corrected chi connectivity index (χ4v) is 2.96. The van der Waals surface area contributed by atoms with Gasteiger partial charge >= 0.3 is 0 Å². The van der Waals surface area contributed by atoms with Crippen LogP contribution in [-0.2, 0) is 9.47 Å². The topological polar surface area (TPSA) is 75.7 Å². The highest BCUT2D eigenvalue weighted by atomic mass is 16.5. The van der Waals surface area contributed by atoms with E-state index in [1.54, 1.807) is 12.4 Å². The number of nitrogens with zero attached hydrogens (tertiary/aromatic N) is 2. The van der Waals surface area contributed by atoms with E-state index < -0.39 is 0 Å². The van der Waals surface area contributed by atoms with Crippen LogP contribution in [-0.4, -0.2) is 74.4 Å². The first-order valence-electron chi connectivity index (χ1n) is 8.70. The Morgan fingerprint density at radius 1 is 1.29 bits per heavy atom. The SMILES string of the molecule is O=C(NCC1CCCO1)c1cncc(NCCN2CCOCC2)c1. The molecular formula is C17H26N4O3. The quantitative estimate of drug-likeness (QED) is 0.766. The van der Waals surface area contributed by atoms with Crippen molar-refractivity contribution in [3.63, 3.8) is 0 Å². The molecule has 3 rings (SSSR count). The lowest BCUT2D eigenvalue weighted by Crippen LogP contribution is -2.39. The van der Waals surface area contributed by atoms with Crippen LogP contribution in [0, 0.1) is 0 Å². The number of ether oxygens (including phenoxy) is 2. The van der Waals surface area contributed by atoms with Gasteiger partial charge in [-0.05, 0) is 18.9 Å². The number of hydrogen-bond acceptors (Lipinski definition) is 6. The van der Waals surface area contributed by atoms with Gasteiger partial charge in [0.15, 0.2) is 0 Å². The first kappa shape index (κ1) is 17.1. The van der Waals surface area contributed by atoms with E-state index in [1.165, 1.54) is 0 Å². The number of amides is 1. The molecule has 0 aromatic carbocycles. The average Bonchev–Trinajstić information content (AvgIpc) is 3.14. The smallest absolute Gasteiger partial charge is 0.253 e. The maximum Gasteiger partial charge on any atom is 0.253 e. The summed E-state index contributed by atoms with van der Waals surface area (Å²) >= 11 is 0. The molecule has 24 heavy (non-hydrogen) atoms. The number of anilines is 1. The number of aromatic nitrogens is 1. The van der Waals surface area contributed by atoms with Crippen LogP contribution in [0.4, 0.5) is 5.69 Å². The molecule has 7 heteroatoms. The van der Waals surface area contributed by atoms with Crippen LogP contribution < -0.4 is 10.6 Å². The number of carbonyl (C=O) groups is 1. The third-order valence-electron chi connectivity index (χ3n) is 4.38. The van der Waals surface area contributed by atoms with Crippen LogP contribution in [0.2, 0.25) is 0 Å². The molecule has 2 aliphatic heterocycles. The Labute approximate surface area is 142 Å². The predicted octanol–water partition coefficient (Wildman–Crippen LogP) is 0.735. The average molecular weight is 334 g/mol. The molecule has 1 amide bonds. The second-order valence-electron chi connectivity index (χ2n) is 6.19. The molecule has 0 saturated carbocycles. The maximum atomic E-state index is 12.2. The van der Waals surface area contributed by atoms with E-state index in [9.17, 15) is 4.79 Å². The highest BCUT2D eigenvalue weighted by Crippen LogP contribution is 2.12. The van der Waals surface area contributed by atoms with Crippen molar-refractivity contribution in [2.75, 3.05) is 57.9 Å². The monoisotopic (exact) mass is 334 g/mol. The van der Waals surface area contributed by atoms with Crippen molar-refractivity contribution in [1.82, 2.24) is 15.2 Å². The van der Waals surface area contributed by atoms with E-state index in [1.807, 2.05) is 6.07 Å². The Morgan fingerprint density at radius 2 is 2.17 bits per heavy atom. The highest BCUT2D eigenvalue weighted by molar-refractivity contribution is 5.94. The van der Waals surface area contributed by atoms with Gasteiger partial charge in [0.1, 0.15) is 0 Å². The number of rotatable bonds is 7. The van der Waals surface area contributed by atoms with Crippen LogP contribution in [0.25, 0.3) is 0 Å². The molecule has 3 heterocycles. The van der Waals surface area contributed by atoms with Gasteiger partial charge in [0.25, 0.3) is 5.91 Å². The third-order valence-corrected chi connectivity index (χ3v) is 4.38. The molecule has 2 fully saturated rings. The lowest BCUT2D eigenvalue weighted by atomic mass is 10.2. The molecule has 2 saturated heterocycles. The van der Waals surface area contributed by atoms with E-state index in [2.05, 4.69) is 20.5 Å². The van der Waals surface area contributed by atoms with E-state index in [0.29, 0.717) is 12.1 Å². The third kappa shape index (κ3) is 5.15. The second kappa shape index (κ2) is 8.96. The Balaban J connectivity index is 1.43. The number of nitrogens with one attached hydrogen (secondary N) is 2. The fraction of sp³-hybridized carbons (Fsp3) is 0.647. The summed E-state index contributed by atoms with van der Waals surface area (Å²) in [5.41, 5.74) is 1.44. The van der Waals surface area contributed by atoms with Gasteiger partial charge in [-0.1, -0.05) is 0 Å². The molecule has 132 valence electrons. The molecule has 7 nitrogen and oxygen atoms in total. The molecule has 0 radical (unpaired) electrons. The largest absolute Gasteiger partial charge is 0.382 e. The summed E-state index contributed by atoms with van der Waals surface area (Å²) in [5, 5.41) is 6.26. The van der Waals surface area contributed by atoms with Crippen LogP contribution >= 0.6 is 0 Å². The van der Waals surface area contributed by atoms with Gasteiger partial charge in [-0.25, -0.2) is 0 Å². The van der Waals surface area contributed by atoms with Crippen molar-refractivity contribution in [1.29, 1.82) is 0 Å². The molecule has 1 aromatic rings. The van der Waals surface area contributed by atoms with E-state index >= 15 is 0 Å². The minimum Gasteiger partial charge on any atom is -0.382 e. The van der Waals surface area contributed by atoms with Crippen molar-refractivity contribution in [3.8, 4) is 0 Å². The zero-order valence-corrected chi connectivity index (χ0v) is 14.0. The van der Waals surface area contributed by atoms with Crippen LogP contribution in [0.1, 0.15) is 23.2 Å². The van der Waals surface area contributed by atoms with Crippen LogP contribution in [0.3, 0.4) is 0 Å². The van der Waals surface area contributed by atoms with Gasteiger partial charge in [0.05, 0.1) is 30.6 Å². The lowest BCUT2D eigenvalue weighted by Gasteiger charge is -2.26. The summed E-state index contributed by atoms with van der Waals surface area (Å²) in [4.78, 5) is 18.7. The van der Waals surface area contributed by atoms with Gasteiger partial charge in [-0.2, -0.15) is 0 Å². The van der Waals surface area contributed by atoms with Gasteiger partial charge in [-0.15, -0.1) is 0 Å². The molecular weight excluding hydrogens is 308 g/mol. The molecule has 2 N–H and O–H groups in total. The number of hydrogen-bond donors (Lipinski definition) is 2. The van der Waals surface area contributed by atoms with Gasteiger partial charge < -0.3 is 20.1 Å². The number of pyridine rings is 1. The van der Waals surface area contributed by atoms with E-state index in [4.69, 9.17) is 9.47 Å². The summed E-state index contributed by atoms with van der Waals surface area (Å²) < 4.78 is 10.9. The molecule has 1 atom stereocenters. The molecule has 1 unspecified atom stereocenters. The minimum absolute atomic E-state index is 0.102. The highest BCUT2D eigenvalue weighted by Gasteiger charge is 2.17. The Kier molecular flexibility index (Phi) is 6.40. The van der Waals surface area contributed by atoms with Gasteiger partial charge in [-0.3, -0.25) is 14.7 Å². The molecule has 0 aliphatic carbocycles. The lowest BCUT2D eigenvalue weighted by molar-refractivity contribution is 0.0398. The zero-order valence-electron chi connectivity index (χ0n) is 14.0. The Bertz CT molecular complexity index is 528. The number of carbonyl (C=O) groups excluding carboxylic acids is 1. The van der Waals surface area contributed by atoms with Crippen LogP contribution in [0.5, 0.6) is 0 Å². The first-order valence-corrected chi connectivity index (χ1v) is 8.70. The molecule has 2 aliphatic rings. The summed E-state index contributed by atoms with van der Waals surface area (Å²) in [6.45, 7) is 6.71. The normalized spacial score (nSPS) is 21.6. The summed E-state index contributed by atoms with van der Waals surface area (Å²) in [6.07, 6.45) is 5.58. The van der Waals surface area contributed by atoms with Crippen molar-refractivity contribution >= 4 is 11.6 Å². The summed E-state index contributed by atoms with van der Waals surface area (Å²) in [7, 11) is 0. The van der Waals surface area contributed by atoms with Crippen molar-refractivity contribution in [2.24, 2.45) is 0 Å². The van der Waals surface area contributed by atoms with Crippen molar-refractivity contribution in [2.45, 2.75) is 18.9 Å². The van der Waals surface area contributed by atoms with E-state index in [-0.39, 0.29) is 12.0 Å². The fourth-order valence-electron chi connectivity index (χ4n) is 2.96. The molecule has 0 spiro atoms. The van der Waals surface area contributed by atoms with Crippen molar-refractivity contribution < 1.29 is 14.3 Å². The van der Waals surface area contributed by atoms with Crippen molar-refractivity contribution in [3.05, 3.63) is 24.0 Å². The van der Waals surface area contributed by atoms with Gasteiger partial charge in [0, 0.05) is 51.7 Å². The Morgan fingerprint density at radius 3 is 2.96 bits per heavy atom. The maximum absolute atomic E-state index is 12.2. The second-order valence-corrected chi connectivity index (χ2v) is 6.19.